The van der Waals surface area contributed by atoms with E-state index < -0.39 is 0 Å². The van der Waals surface area contributed by atoms with Gasteiger partial charge < -0.3 is 15.4 Å². The van der Waals surface area contributed by atoms with Crippen LogP contribution in [0.1, 0.15) is 38.3 Å². The Labute approximate surface area is 184 Å². The number of amides is 1. The number of methoxy groups -OCH3 is 1. The standard InChI is InChI=1S/C24H32ClN3O2/c1-24(2,3)27-23(29)22-13-19(26-14-17-9-11-20(30-4)12-10-17)16-28(22)15-18-7-5-6-8-21(18)25/h5-12,19,22,26H,13-16H2,1-4H3,(H,27,29)/t19-,22-/m0/s1. The molecular weight excluding hydrogens is 398 g/mol. The lowest BCUT2D eigenvalue weighted by Gasteiger charge is -2.28. The van der Waals surface area contributed by atoms with Gasteiger partial charge in [0.1, 0.15) is 5.75 Å². The van der Waals surface area contributed by atoms with Crippen molar-refractivity contribution >= 4 is 17.5 Å². The molecule has 3 rings (SSSR count). The first kappa shape index (κ1) is 22.6. The Bertz CT molecular complexity index is 848. The van der Waals surface area contributed by atoms with Crippen molar-refractivity contribution in [1.82, 2.24) is 15.5 Å². The van der Waals surface area contributed by atoms with Gasteiger partial charge in [-0.25, -0.2) is 0 Å². The second kappa shape index (κ2) is 9.82. The molecule has 2 atom stereocenters. The maximum absolute atomic E-state index is 13.0. The zero-order valence-electron chi connectivity index (χ0n) is 18.2. The summed E-state index contributed by atoms with van der Waals surface area (Å²) in [6.45, 7) is 8.24. The van der Waals surface area contributed by atoms with E-state index in [1.807, 2.05) is 57.2 Å². The van der Waals surface area contributed by atoms with Crippen molar-refractivity contribution in [2.75, 3.05) is 13.7 Å². The monoisotopic (exact) mass is 429 g/mol. The zero-order valence-corrected chi connectivity index (χ0v) is 19.0. The van der Waals surface area contributed by atoms with Gasteiger partial charge in [0.2, 0.25) is 5.91 Å². The molecule has 30 heavy (non-hydrogen) atoms. The minimum Gasteiger partial charge on any atom is -0.497 e. The Hall–Kier alpha value is -2.08. The summed E-state index contributed by atoms with van der Waals surface area (Å²) in [4.78, 5) is 15.2. The fourth-order valence-corrected chi connectivity index (χ4v) is 4.00. The SMILES string of the molecule is COc1ccc(CN[C@H]2C[C@@H](C(=O)NC(C)(C)C)N(Cc3ccccc3Cl)C2)cc1. The predicted octanol–water partition coefficient (Wildman–Crippen LogP) is 4.00. The molecule has 1 aliphatic rings. The summed E-state index contributed by atoms with van der Waals surface area (Å²) in [5.74, 6) is 0.924. The molecule has 0 saturated carbocycles. The number of carbonyl (C=O) groups is 1. The highest BCUT2D eigenvalue weighted by Gasteiger charge is 2.37. The summed E-state index contributed by atoms with van der Waals surface area (Å²) in [5.41, 5.74) is 1.97. The number of carbonyl (C=O) groups excluding carboxylic acids is 1. The predicted molar refractivity (Wildman–Crippen MR) is 122 cm³/mol. The average molecular weight is 430 g/mol. The second-order valence-electron chi connectivity index (χ2n) is 8.94. The van der Waals surface area contributed by atoms with Crippen LogP contribution >= 0.6 is 11.6 Å². The van der Waals surface area contributed by atoms with E-state index in [1.54, 1.807) is 7.11 Å². The molecule has 2 aromatic rings. The van der Waals surface area contributed by atoms with Gasteiger partial charge in [0.05, 0.1) is 13.2 Å². The second-order valence-corrected chi connectivity index (χ2v) is 9.34. The molecule has 1 heterocycles. The van der Waals surface area contributed by atoms with Gasteiger partial charge in [-0.2, -0.15) is 0 Å². The Morgan fingerprint density at radius 3 is 2.50 bits per heavy atom. The van der Waals surface area contributed by atoms with E-state index in [9.17, 15) is 4.79 Å². The molecule has 0 bridgehead atoms. The van der Waals surface area contributed by atoms with Crippen molar-refractivity contribution < 1.29 is 9.53 Å². The third kappa shape index (κ3) is 6.21. The van der Waals surface area contributed by atoms with Crippen LogP contribution in [0.2, 0.25) is 5.02 Å². The zero-order chi connectivity index (χ0) is 21.7. The number of rotatable bonds is 7. The third-order valence-electron chi connectivity index (χ3n) is 5.29. The van der Waals surface area contributed by atoms with E-state index in [4.69, 9.17) is 16.3 Å². The van der Waals surface area contributed by atoms with Gasteiger partial charge in [0.15, 0.2) is 0 Å². The molecule has 0 unspecified atom stereocenters. The highest BCUT2D eigenvalue weighted by atomic mass is 35.5. The summed E-state index contributed by atoms with van der Waals surface area (Å²) in [6.07, 6.45) is 0.766. The summed E-state index contributed by atoms with van der Waals surface area (Å²) >= 11 is 6.39. The molecule has 0 aromatic heterocycles. The molecule has 5 nitrogen and oxygen atoms in total. The van der Waals surface area contributed by atoms with Crippen LogP contribution in [0.5, 0.6) is 5.75 Å². The number of halogens is 1. The quantitative estimate of drug-likeness (QED) is 0.698. The number of nitrogens with zero attached hydrogens (tertiary/aromatic N) is 1. The van der Waals surface area contributed by atoms with Crippen LogP contribution in [0.3, 0.4) is 0 Å². The first-order valence-corrected chi connectivity index (χ1v) is 10.8. The van der Waals surface area contributed by atoms with E-state index in [2.05, 4.69) is 27.7 Å². The Balaban J connectivity index is 1.68. The maximum Gasteiger partial charge on any atom is 0.237 e. The number of benzene rings is 2. The lowest BCUT2D eigenvalue weighted by atomic mass is 10.1. The molecule has 1 aliphatic heterocycles. The van der Waals surface area contributed by atoms with E-state index >= 15 is 0 Å². The van der Waals surface area contributed by atoms with Crippen LogP contribution in [0, 0.1) is 0 Å². The largest absolute Gasteiger partial charge is 0.497 e. The summed E-state index contributed by atoms with van der Waals surface area (Å²) in [5, 5.41) is 7.50. The molecule has 0 aliphatic carbocycles. The molecule has 2 N–H and O–H groups in total. The smallest absolute Gasteiger partial charge is 0.237 e. The normalized spacial score (nSPS) is 19.6. The van der Waals surface area contributed by atoms with E-state index in [-0.39, 0.29) is 23.5 Å². The van der Waals surface area contributed by atoms with Crippen molar-refractivity contribution in [2.24, 2.45) is 0 Å². The van der Waals surface area contributed by atoms with Gasteiger partial charge in [-0.3, -0.25) is 9.69 Å². The molecule has 1 saturated heterocycles. The van der Waals surface area contributed by atoms with Crippen LogP contribution in [-0.2, 0) is 17.9 Å². The molecule has 0 radical (unpaired) electrons. The van der Waals surface area contributed by atoms with Gasteiger partial charge in [0, 0.05) is 36.2 Å². The van der Waals surface area contributed by atoms with Crippen molar-refractivity contribution in [3.8, 4) is 5.75 Å². The molecule has 0 spiro atoms. The van der Waals surface area contributed by atoms with Crippen molar-refractivity contribution in [2.45, 2.75) is 57.9 Å². The van der Waals surface area contributed by atoms with Crippen LogP contribution in [0.25, 0.3) is 0 Å². The highest BCUT2D eigenvalue weighted by Crippen LogP contribution is 2.25. The number of ether oxygens (including phenoxy) is 1. The highest BCUT2D eigenvalue weighted by molar-refractivity contribution is 6.31. The molecule has 1 fully saturated rings. The lowest BCUT2D eigenvalue weighted by molar-refractivity contribution is -0.127. The van der Waals surface area contributed by atoms with Gasteiger partial charge in [0.25, 0.3) is 0 Å². The topological polar surface area (TPSA) is 53.6 Å². The molecular formula is C24H32ClN3O2. The Morgan fingerprint density at radius 2 is 1.87 bits per heavy atom. The van der Waals surface area contributed by atoms with Crippen molar-refractivity contribution in [3.05, 3.63) is 64.7 Å². The summed E-state index contributed by atoms with van der Waals surface area (Å²) < 4.78 is 5.23. The van der Waals surface area contributed by atoms with Gasteiger partial charge in [-0.05, 0) is 56.5 Å². The van der Waals surface area contributed by atoms with Crippen LogP contribution in [0.4, 0.5) is 0 Å². The molecule has 2 aromatic carbocycles. The average Bonchev–Trinajstić information content (AvgIpc) is 3.10. The maximum atomic E-state index is 13.0. The Morgan fingerprint density at radius 1 is 1.17 bits per heavy atom. The fraction of sp³-hybridized carbons (Fsp3) is 0.458. The van der Waals surface area contributed by atoms with Gasteiger partial charge >= 0.3 is 0 Å². The van der Waals surface area contributed by atoms with Crippen LogP contribution in [-0.4, -0.2) is 42.1 Å². The minimum absolute atomic E-state index is 0.0725. The number of likely N-dealkylation sites (tertiary alicyclic amines) is 1. The summed E-state index contributed by atoms with van der Waals surface area (Å²) in [6, 6.07) is 15.9. The first-order valence-electron chi connectivity index (χ1n) is 10.4. The van der Waals surface area contributed by atoms with E-state index in [0.717, 1.165) is 35.8 Å². The molecule has 162 valence electrons. The number of nitrogens with one attached hydrogen (secondary N) is 2. The van der Waals surface area contributed by atoms with Crippen LogP contribution < -0.4 is 15.4 Å². The van der Waals surface area contributed by atoms with Crippen molar-refractivity contribution in [3.63, 3.8) is 0 Å². The number of hydrogen-bond acceptors (Lipinski definition) is 4. The number of hydrogen-bond donors (Lipinski definition) is 2. The fourth-order valence-electron chi connectivity index (χ4n) is 3.80. The minimum atomic E-state index is -0.262. The van der Waals surface area contributed by atoms with Gasteiger partial charge in [-0.1, -0.05) is 41.9 Å². The summed E-state index contributed by atoms with van der Waals surface area (Å²) in [7, 11) is 1.67. The Kier molecular flexibility index (Phi) is 7.40. The lowest BCUT2D eigenvalue weighted by Crippen LogP contribution is -2.49. The molecule has 6 heteroatoms. The van der Waals surface area contributed by atoms with Crippen LogP contribution in [0.15, 0.2) is 48.5 Å². The van der Waals surface area contributed by atoms with Gasteiger partial charge in [-0.15, -0.1) is 0 Å². The van der Waals surface area contributed by atoms with Crippen molar-refractivity contribution in [1.29, 1.82) is 0 Å². The molecule has 1 amide bonds. The van der Waals surface area contributed by atoms with E-state index in [1.165, 1.54) is 5.56 Å². The first-order chi connectivity index (χ1) is 14.2. The third-order valence-corrected chi connectivity index (χ3v) is 5.66. The van der Waals surface area contributed by atoms with E-state index in [0.29, 0.717) is 6.54 Å².